The Hall–Kier alpha value is -2.02. The highest BCUT2D eigenvalue weighted by molar-refractivity contribution is 7.94. The smallest absolute Gasteiger partial charge is 0.438 e. The normalized spacial score (nSPS) is 15.5. The van der Waals surface area contributed by atoms with Crippen LogP contribution < -0.4 is 0 Å². The summed E-state index contributed by atoms with van der Waals surface area (Å²) in [6, 6.07) is 8.74. The molecule has 7 nitrogen and oxygen atoms in total. The second-order valence-corrected chi connectivity index (χ2v) is 24.6. The van der Waals surface area contributed by atoms with Crippen LogP contribution in [-0.4, -0.2) is 55.6 Å². The SMILES string of the molecule is C=C(C[Si](C)(C)C)C(C)(OC(=O)OC)C(=O)CCC(/C=C/S(=O)(=O)c1ccccc1)O[Si](C)(C)C(C)(C)C. The van der Waals surface area contributed by atoms with E-state index in [-0.39, 0.29) is 28.6 Å². The standard InChI is InChI=1S/C28H46O7SSi2/c1-22(21-37(7,8)9)28(5,34-26(30)33-6)25(29)18-17-23(35-38(10,11)27(2,3)4)19-20-36(31,32)24-15-13-12-14-16-24/h12-16,19-20,23H,1,17-18,21H2,2-11H3/b20-19+. The highest BCUT2D eigenvalue weighted by Crippen LogP contribution is 2.38. The highest BCUT2D eigenvalue weighted by atomic mass is 32.2. The summed E-state index contributed by atoms with van der Waals surface area (Å²) >= 11 is 0. The number of hydrogen-bond donors (Lipinski definition) is 0. The number of carbonyl (C=O) groups is 2. The molecule has 10 heteroatoms. The average molecular weight is 583 g/mol. The molecule has 0 amide bonds. The molecular formula is C28H46O7SSi2. The fraction of sp³-hybridized carbons (Fsp3) is 0.571. The zero-order chi connectivity index (χ0) is 29.6. The van der Waals surface area contributed by atoms with Gasteiger partial charge in [0.25, 0.3) is 0 Å². The van der Waals surface area contributed by atoms with Gasteiger partial charge in [-0.25, -0.2) is 13.2 Å². The van der Waals surface area contributed by atoms with Gasteiger partial charge in [0.2, 0.25) is 0 Å². The molecule has 0 aliphatic heterocycles. The third kappa shape index (κ3) is 9.94. The summed E-state index contributed by atoms with van der Waals surface area (Å²) in [6.45, 7) is 22.5. The minimum Gasteiger partial charge on any atom is -0.438 e. The van der Waals surface area contributed by atoms with Crippen molar-refractivity contribution in [3.8, 4) is 0 Å². The van der Waals surface area contributed by atoms with Crippen LogP contribution >= 0.6 is 0 Å². The fourth-order valence-corrected chi connectivity index (χ4v) is 7.49. The Morgan fingerprint density at radius 2 is 1.58 bits per heavy atom. The summed E-state index contributed by atoms with van der Waals surface area (Å²) in [5.41, 5.74) is -1.04. The number of rotatable bonds is 13. The number of benzene rings is 1. The zero-order valence-electron chi connectivity index (χ0n) is 24.7. The lowest BCUT2D eigenvalue weighted by atomic mass is 9.89. The molecule has 0 N–H and O–H groups in total. The van der Waals surface area contributed by atoms with Crippen LogP contribution in [0, 0.1) is 0 Å². The Kier molecular flexibility index (Phi) is 11.5. The molecule has 2 unspecified atom stereocenters. The monoisotopic (exact) mass is 582 g/mol. The van der Waals surface area contributed by atoms with Gasteiger partial charge in [-0.05, 0) is 61.3 Å². The number of ether oxygens (including phenoxy) is 2. The van der Waals surface area contributed by atoms with Gasteiger partial charge in [-0.1, -0.05) is 65.2 Å². The van der Waals surface area contributed by atoms with Gasteiger partial charge in [-0.2, -0.15) is 0 Å². The van der Waals surface area contributed by atoms with E-state index < -0.39 is 44.1 Å². The summed E-state index contributed by atoms with van der Waals surface area (Å²) in [4.78, 5) is 25.8. The number of methoxy groups -OCH3 is 1. The van der Waals surface area contributed by atoms with E-state index in [4.69, 9.17) is 9.16 Å². The summed E-state index contributed by atoms with van der Waals surface area (Å²) in [6.07, 6.45) is 0.136. The van der Waals surface area contributed by atoms with Crippen molar-refractivity contribution in [3.63, 3.8) is 0 Å². The zero-order valence-corrected chi connectivity index (χ0v) is 27.5. The predicted molar refractivity (Wildman–Crippen MR) is 158 cm³/mol. The van der Waals surface area contributed by atoms with Crippen LogP contribution in [0.2, 0.25) is 43.8 Å². The van der Waals surface area contributed by atoms with Crippen LogP contribution in [-0.2, 0) is 28.5 Å². The van der Waals surface area contributed by atoms with E-state index in [1.807, 2.05) is 0 Å². The second-order valence-electron chi connectivity index (χ2n) is 12.5. The lowest BCUT2D eigenvalue weighted by molar-refractivity contribution is -0.135. The van der Waals surface area contributed by atoms with Gasteiger partial charge in [0.1, 0.15) is 0 Å². The Morgan fingerprint density at radius 1 is 1.03 bits per heavy atom. The molecule has 0 aliphatic rings. The summed E-state index contributed by atoms with van der Waals surface area (Å²) < 4.78 is 42.5. The van der Waals surface area contributed by atoms with E-state index in [1.165, 1.54) is 25.3 Å². The van der Waals surface area contributed by atoms with E-state index in [9.17, 15) is 18.0 Å². The first kappa shape index (κ1) is 34.0. The van der Waals surface area contributed by atoms with Crippen LogP contribution in [0.5, 0.6) is 0 Å². The molecule has 2 atom stereocenters. The Bertz CT molecular complexity index is 1110. The molecule has 0 fully saturated rings. The predicted octanol–water partition coefficient (Wildman–Crippen LogP) is 7.15. The molecule has 0 saturated carbocycles. The molecule has 0 spiro atoms. The van der Waals surface area contributed by atoms with Crippen molar-refractivity contribution in [3.05, 3.63) is 54.0 Å². The van der Waals surface area contributed by atoms with E-state index in [0.29, 0.717) is 11.6 Å². The van der Waals surface area contributed by atoms with Gasteiger partial charge in [-0.15, -0.1) is 0 Å². The maximum absolute atomic E-state index is 13.6. The van der Waals surface area contributed by atoms with E-state index in [1.54, 1.807) is 25.1 Å². The molecule has 0 bridgehead atoms. The van der Waals surface area contributed by atoms with Crippen LogP contribution in [0.1, 0.15) is 40.5 Å². The molecule has 0 saturated heterocycles. The third-order valence-corrected chi connectivity index (χ3v) is 14.3. The quantitative estimate of drug-likeness (QED) is 0.138. The third-order valence-electron chi connectivity index (χ3n) is 6.86. The number of hydrogen-bond acceptors (Lipinski definition) is 7. The van der Waals surface area contributed by atoms with Gasteiger partial charge < -0.3 is 13.9 Å². The summed E-state index contributed by atoms with van der Waals surface area (Å²) in [7, 11) is -6.51. The van der Waals surface area contributed by atoms with Gasteiger partial charge in [-0.3, -0.25) is 4.79 Å². The van der Waals surface area contributed by atoms with Crippen LogP contribution in [0.25, 0.3) is 0 Å². The van der Waals surface area contributed by atoms with Gasteiger partial charge in [0.05, 0.1) is 18.1 Å². The average Bonchev–Trinajstić information content (AvgIpc) is 2.78. The molecular weight excluding hydrogens is 537 g/mol. The van der Waals surface area contributed by atoms with Crippen molar-refractivity contribution < 1.29 is 31.9 Å². The van der Waals surface area contributed by atoms with Gasteiger partial charge >= 0.3 is 6.16 Å². The molecule has 214 valence electrons. The molecule has 1 aromatic carbocycles. The van der Waals surface area contributed by atoms with E-state index >= 15 is 0 Å². The topological polar surface area (TPSA) is 96.0 Å². The Labute approximate surface area is 231 Å². The second kappa shape index (κ2) is 12.9. The van der Waals surface area contributed by atoms with Gasteiger partial charge in [0, 0.05) is 19.9 Å². The van der Waals surface area contributed by atoms with Crippen LogP contribution in [0.3, 0.4) is 0 Å². The fourth-order valence-electron chi connectivity index (χ4n) is 3.48. The Balaban J connectivity index is 3.30. The molecule has 1 aromatic rings. The van der Waals surface area contributed by atoms with E-state index in [0.717, 1.165) is 5.41 Å². The molecule has 38 heavy (non-hydrogen) atoms. The maximum atomic E-state index is 13.6. The molecule has 0 aliphatic carbocycles. The number of sulfone groups is 1. The molecule has 0 heterocycles. The van der Waals surface area contributed by atoms with Crippen molar-refractivity contribution in [2.24, 2.45) is 0 Å². The number of carbonyl (C=O) groups excluding carboxylic acids is 2. The number of ketones is 1. The molecule has 0 aromatic heterocycles. The van der Waals surface area contributed by atoms with Crippen molar-refractivity contribution in [1.82, 2.24) is 0 Å². The van der Waals surface area contributed by atoms with Crippen LogP contribution in [0.4, 0.5) is 4.79 Å². The largest absolute Gasteiger partial charge is 0.509 e. The minimum absolute atomic E-state index is 0.00672. The maximum Gasteiger partial charge on any atom is 0.509 e. The highest BCUT2D eigenvalue weighted by Gasteiger charge is 2.43. The first-order valence-electron chi connectivity index (χ1n) is 12.8. The first-order chi connectivity index (χ1) is 17.1. The molecule has 0 radical (unpaired) electrons. The van der Waals surface area contributed by atoms with Gasteiger partial charge in [0.15, 0.2) is 29.5 Å². The van der Waals surface area contributed by atoms with Crippen molar-refractivity contribution in [2.75, 3.05) is 7.11 Å². The van der Waals surface area contributed by atoms with Crippen LogP contribution in [0.15, 0.2) is 58.9 Å². The van der Waals surface area contributed by atoms with Crippen molar-refractivity contribution >= 4 is 38.2 Å². The van der Waals surface area contributed by atoms with E-state index in [2.05, 4.69) is 64.8 Å². The summed E-state index contributed by atoms with van der Waals surface area (Å²) in [5, 5.41) is 1.02. The minimum atomic E-state index is -3.69. The lowest BCUT2D eigenvalue weighted by Crippen LogP contribution is -2.45. The number of Topliss-reactive ketones (excluding diaryl/α,β-unsaturated/α-hetero) is 1. The lowest BCUT2D eigenvalue weighted by Gasteiger charge is -2.39. The Morgan fingerprint density at radius 3 is 2.05 bits per heavy atom. The summed E-state index contributed by atoms with van der Waals surface area (Å²) in [5.74, 6) is -0.339. The van der Waals surface area contributed by atoms with Crippen molar-refractivity contribution in [1.29, 1.82) is 0 Å². The first-order valence-corrected chi connectivity index (χ1v) is 21.0. The van der Waals surface area contributed by atoms with Crippen molar-refractivity contribution in [2.45, 2.75) is 101 Å². The molecule has 1 rings (SSSR count).